The summed E-state index contributed by atoms with van der Waals surface area (Å²) in [5, 5.41) is 16.7. The number of carboxylic acid groups (broad SMARTS) is 1. The number of carboxylic acids is 1. The Morgan fingerprint density at radius 2 is 2.00 bits per heavy atom. The van der Waals surface area contributed by atoms with E-state index in [0.717, 1.165) is 0 Å². The number of halogens is 1. The van der Waals surface area contributed by atoms with Gasteiger partial charge >= 0.3 is 5.97 Å². The average molecular weight is 268 g/mol. The smallest absolute Gasteiger partial charge is 0.335 e. The van der Waals surface area contributed by atoms with Gasteiger partial charge in [0.15, 0.2) is 0 Å². The first-order valence-corrected chi connectivity index (χ1v) is 4.87. The molecule has 1 aromatic carbocycles. The van der Waals surface area contributed by atoms with Crippen LogP contribution in [0.25, 0.3) is 5.69 Å². The zero-order valence-electron chi connectivity index (χ0n) is 7.46. The van der Waals surface area contributed by atoms with Crippen molar-refractivity contribution >= 4 is 21.9 Å². The number of hydrogen-bond acceptors (Lipinski definition) is 3. The lowest BCUT2D eigenvalue weighted by molar-refractivity contribution is 0.0697. The first kappa shape index (κ1) is 9.85. The van der Waals surface area contributed by atoms with Crippen LogP contribution in [0, 0.1) is 0 Å². The Kier molecular flexibility index (Phi) is 2.51. The largest absolute Gasteiger partial charge is 0.478 e. The Balaban J connectivity index is 2.48. The van der Waals surface area contributed by atoms with Gasteiger partial charge in [0, 0.05) is 4.47 Å². The maximum Gasteiger partial charge on any atom is 0.335 e. The highest BCUT2D eigenvalue weighted by atomic mass is 79.9. The summed E-state index contributed by atoms with van der Waals surface area (Å²) < 4.78 is 0.638. The topological polar surface area (TPSA) is 68.0 Å². The van der Waals surface area contributed by atoms with Gasteiger partial charge in [-0.25, -0.2) is 4.79 Å². The lowest BCUT2D eigenvalue weighted by Gasteiger charge is -2.03. The van der Waals surface area contributed by atoms with Crippen LogP contribution in [0.15, 0.2) is 35.1 Å². The molecule has 76 valence electrons. The molecule has 0 saturated heterocycles. The van der Waals surface area contributed by atoms with Crippen LogP contribution in [0.5, 0.6) is 0 Å². The van der Waals surface area contributed by atoms with Crippen LogP contribution in [0.1, 0.15) is 10.4 Å². The molecule has 1 heterocycles. The average Bonchev–Trinajstić information content (AvgIpc) is 2.70. The van der Waals surface area contributed by atoms with E-state index >= 15 is 0 Å². The van der Waals surface area contributed by atoms with Crippen molar-refractivity contribution in [2.24, 2.45) is 0 Å². The van der Waals surface area contributed by atoms with Crippen LogP contribution in [-0.2, 0) is 0 Å². The van der Waals surface area contributed by atoms with E-state index < -0.39 is 5.97 Å². The van der Waals surface area contributed by atoms with Crippen LogP contribution in [0.2, 0.25) is 0 Å². The molecule has 0 fully saturated rings. The number of carbonyl (C=O) groups is 1. The van der Waals surface area contributed by atoms with Crippen LogP contribution in [-0.4, -0.2) is 26.1 Å². The summed E-state index contributed by atoms with van der Waals surface area (Å²) in [5.41, 5.74) is 0.919. The number of hydrogen-bond donors (Lipinski definition) is 1. The quantitative estimate of drug-likeness (QED) is 0.900. The summed E-state index contributed by atoms with van der Waals surface area (Å²) in [7, 11) is 0. The van der Waals surface area contributed by atoms with Crippen LogP contribution >= 0.6 is 15.9 Å². The number of nitrogens with zero attached hydrogens (tertiary/aromatic N) is 3. The highest BCUT2D eigenvalue weighted by molar-refractivity contribution is 9.10. The number of benzene rings is 1. The SMILES string of the molecule is O=C(O)c1ccc(-n2nccn2)c(Br)c1. The Morgan fingerprint density at radius 3 is 2.53 bits per heavy atom. The summed E-state index contributed by atoms with van der Waals surface area (Å²) in [4.78, 5) is 12.1. The fourth-order valence-corrected chi connectivity index (χ4v) is 1.68. The molecular formula is C9H6BrN3O2. The summed E-state index contributed by atoms with van der Waals surface area (Å²) in [5.74, 6) is -0.962. The van der Waals surface area contributed by atoms with E-state index in [1.807, 2.05) is 0 Å². The molecule has 15 heavy (non-hydrogen) atoms. The third-order valence-electron chi connectivity index (χ3n) is 1.83. The minimum atomic E-state index is -0.962. The van der Waals surface area contributed by atoms with E-state index in [0.29, 0.717) is 10.2 Å². The third kappa shape index (κ3) is 1.89. The Bertz CT molecular complexity index is 496. The Labute approximate surface area is 93.5 Å². The fourth-order valence-electron chi connectivity index (χ4n) is 1.14. The molecule has 0 radical (unpaired) electrons. The summed E-state index contributed by atoms with van der Waals surface area (Å²) in [6.45, 7) is 0. The maximum atomic E-state index is 10.7. The molecule has 0 bridgehead atoms. The second-order valence-corrected chi connectivity index (χ2v) is 3.64. The molecule has 0 aliphatic carbocycles. The monoisotopic (exact) mass is 267 g/mol. The normalized spacial score (nSPS) is 10.2. The second kappa shape index (κ2) is 3.82. The maximum absolute atomic E-state index is 10.7. The molecule has 0 saturated carbocycles. The Hall–Kier alpha value is -1.69. The molecule has 2 rings (SSSR count). The number of aromatic carboxylic acids is 1. The van der Waals surface area contributed by atoms with Crippen molar-refractivity contribution in [3.63, 3.8) is 0 Å². The van der Waals surface area contributed by atoms with Crippen molar-refractivity contribution in [2.75, 3.05) is 0 Å². The van der Waals surface area contributed by atoms with Gasteiger partial charge in [0.25, 0.3) is 0 Å². The van der Waals surface area contributed by atoms with E-state index in [2.05, 4.69) is 26.1 Å². The second-order valence-electron chi connectivity index (χ2n) is 2.79. The predicted molar refractivity (Wildman–Crippen MR) is 56.0 cm³/mol. The summed E-state index contributed by atoms with van der Waals surface area (Å²) >= 11 is 3.27. The van der Waals surface area contributed by atoms with Gasteiger partial charge in [-0.2, -0.15) is 15.0 Å². The van der Waals surface area contributed by atoms with Gasteiger partial charge in [0.1, 0.15) is 0 Å². The molecule has 6 heteroatoms. The zero-order valence-corrected chi connectivity index (χ0v) is 9.05. The highest BCUT2D eigenvalue weighted by Crippen LogP contribution is 2.21. The van der Waals surface area contributed by atoms with Gasteiger partial charge in [0.05, 0.1) is 23.6 Å². The van der Waals surface area contributed by atoms with Gasteiger partial charge in [-0.15, -0.1) is 0 Å². The van der Waals surface area contributed by atoms with E-state index in [1.54, 1.807) is 18.5 Å². The van der Waals surface area contributed by atoms with Gasteiger partial charge < -0.3 is 5.11 Å². The summed E-state index contributed by atoms with van der Waals surface area (Å²) in [6, 6.07) is 4.67. The minimum absolute atomic E-state index is 0.220. The van der Waals surface area contributed by atoms with E-state index in [4.69, 9.17) is 5.11 Å². The molecule has 0 amide bonds. The first-order chi connectivity index (χ1) is 7.18. The summed E-state index contributed by atoms with van der Waals surface area (Å²) in [6.07, 6.45) is 3.11. The molecule has 5 nitrogen and oxygen atoms in total. The molecule has 1 N–H and O–H groups in total. The van der Waals surface area contributed by atoms with Crippen molar-refractivity contribution in [2.45, 2.75) is 0 Å². The molecule has 0 atom stereocenters. The van der Waals surface area contributed by atoms with Gasteiger partial charge in [0.2, 0.25) is 0 Å². The molecule has 0 aliphatic heterocycles. The van der Waals surface area contributed by atoms with Crippen LogP contribution in [0.3, 0.4) is 0 Å². The molecule has 2 aromatic rings. The Morgan fingerprint density at radius 1 is 1.33 bits per heavy atom. The van der Waals surface area contributed by atoms with Crippen molar-refractivity contribution in [3.05, 3.63) is 40.6 Å². The van der Waals surface area contributed by atoms with Crippen molar-refractivity contribution < 1.29 is 9.90 Å². The van der Waals surface area contributed by atoms with Crippen molar-refractivity contribution in [1.29, 1.82) is 0 Å². The van der Waals surface area contributed by atoms with E-state index in [9.17, 15) is 4.79 Å². The van der Waals surface area contributed by atoms with Gasteiger partial charge in [-0.1, -0.05) is 0 Å². The number of rotatable bonds is 2. The van der Waals surface area contributed by atoms with Gasteiger partial charge in [-0.3, -0.25) is 0 Å². The lowest BCUT2D eigenvalue weighted by atomic mass is 10.2. The molecule has 0 unspecified atom stereocenters. The molecule has 0 aliphatic rings. The zero-order chi connectivity index (χ0) is 10.8. The molecular weight excluding hydrogens is 262 g/mol. The fraction of sp³-hybridized carbons (Fsp3) is 0. The highest BCUT2D eigenvalue weighted by Gasteiger charge is 2.08. The van der Waals surface area contributed by atoms with Crippen molar-refractivity contribution in [3.8, 4) is 5.69 Å². The first-order valence-electron chi connectivity index (χ1n) is 4.08. The van der Waals surface area contributed by atoms with Gasteiger partial charge in [-0.05, 0) is 34.1 Å². The van der Waals surface area contributed by atoms with E-state index in [-0.39, 0.29) is 5.56 Å². The third-order valence-corrected chi connectivity index (χ3v) is 2.46. The van der Waals surface area contributed by atoms with Crippen LogP contribution < -0.4 is 0 Å². The molecule has 0 spiro atoms. The predicted octanol–water partition coefficient (Wildman–Crippen LogP) is 1.73. The van der Waals surface area contributed by atoms with E-state index in [1.165, 1.54) is 16.9 Å². The lowest BCUT2D eigenvalue weighted by Crippen LogP contribution is -2.02. The standard InChI is InChI=1S/C9H6BrN3O2/c10-7-5-6(9(14)15)1-2-8(7)13-11-3-4-12-13/h1-5H,(H,14,15). The number of aromatic nitrogens is 3. The molecule has 1 aromatic heterocycles. The minimum Gasteiger partial charge on any atom is -0.478 e. The van der Waals surface area contributed by atoms with Crippen LogP contribution in [0.4, 0.5) is 0 Å². The van der Waals surface area contributed by atoms with Crippen molar-refractivity contribution in [1.82, 2.24) is 15.0 Å².